The molecule has 0 aromatic heterocycles. The smallest absolute Gasteiger partial charge is 0.225 e. The molecule has 0 aromatic carbocycles. The lowest BCUT2D eigenvalue weighted by Crippen LogP contribution is -2.44. The molecule has 0 heterocycles. The van der Waals surface area contributed by atoms with Crippen molar-refractivity contribution in [2.24, 2.45) is 10.8 Å². The second kappa shape index (κ2) is 2.73. The predicted molar refractivity (Wildman–Crippen MR) is 52.3 cm³/mol. The molecule has 13 heavy (non-hydrogen) atoms. The third kappa shape index (κ3) is 1.72. The molecule has 0 unspecified atom stereocenters. The molecule has 2 aliphatic carbocycles. The molecule has 2 aliphatic rings. The maximum atomic E-state index is 11.7. The first-order valence-electron chi connectivity index (χ1n) is 5.33. The van der Waals surface area contributed by atoms with E-state index in [0.29, 0.717) is 5.41 Å². The van der Waals surface area contributed by atoms with Gasteiger partial charge in [0.25, 0.3) is 0 Å². The molecule has 0 spiro atoms. The van der Waals surface area contributed by atoms with Crippen molar-refractivity contribution in [3.05, 3.63) is 0 Å². The van der Waals surface area contributed by atoms with E-state index in [9.17, 15) is 4.79 Å². The van der Waals surface area contributed by atoms with Crippen molar-refractivity contribution in [3.8, 4) is 0 Å². The Bertz CT molecular complexity index is 226. The van der Waals surface area contributed by atoms with E-state index in [0.717, 1.165) is 19.4 Å². The second-order valence-electron chi connectivity index (χ2n) is 5.41. The standard InChI is InChI=1S/C11H19NO/c1-10(6-7-10)8-12-9(13)11(2)4-3-5-11/h3-8H2,1-2H3,(H,12,13). The highest BCUT2D eigenvalue weighted by Gasteiger charge is 2.42. The van der Waals surface area contributed by atoms with Crippen LogP contribution in [0.15, 0.2) is 0 Å². The van der Waals surface area contributed by atoms with Crippen molar-refractivity contribution in [3.63, 3.8) is 0 Å². The quantitative estimate of drug-likeness (QED) is 0.709. The highest BCUT2D eigenvalue weighted by molar-refractivity contribution is 5.83. The van der Waals surface area contributed by atoms with Gasteiger partial charge in [-0.2, -0.15) is 0 Å². The van der Waals surface area contributed by atoms with Gasteiger partial charge in [0.1, 0.15) is 0 Å². The summed E-state index contributed by atoms with van der Waals surface area (Å²) >= 11 is 0. The summed E-state index contributed by atoms with van der Waals surface area (Å²) in [4.78, 5) is 11.7. The van der Waals surface area contributed by atoms with Crippen LogP contribution in [-0.2, 0) is 4.79 Å². The second-order valence-corrected chi connectivity index (χ2v) is 5.41. The fourth-order valence-corrected chi connectivity index (χ4v) is 1.83. The van der Waals surface area contributed by atoms with E-state index in [4.69, 9.17) is 0 Å². The number of amides is 1. The van der Waals surface area contributed by atoms with Crippen LogP contribution in [0.4, 0.5) is 0 Å². The van der Waals surface area contributed by atoms with E-state index in [1.807, 2.05) is 0 Å². The maximum absolute atomic E-state index is 11.7. The van der Waals surface area contributed by atoms with Crippen LogP contribution < -0.4 is 5.32 Å². The monoisotopic (exact) mass is 181 g/mol. The summed E-state index contributed by atoms with van der Waals surface area (Å²) in [5.41, 5.74) is 0.418. The average molecular weight is 181 g/mol. The zero-order valence-corrected chi connectivity index (χ0v) is 8.65. The van der Waals surface area contributed by atoms with Gasteiger partial charge in [-0.1, -0.05) is 20.3 Å². The maximum Gasteiger partial charge on any atom is 0.225 e. The summed E-state index contributed by atoms with van der Waals surface area (Å²) in [5.74, 6) is 0.284. The topological polar surface area (TPSA) is 29.1 Å². The van der Waals surface area contributed by atoms with Crippen LogP contribution in [0, 0.1) is 10.8 Å². The Hall–Kier alpha value is -0.530. The van der Waals surface area contributed by atoms with Gasteiger partial charge in [0.15, 0.2) is 0 Å². The molecule has 0 atom stereocenters. The summed E-state index contributed by atoms with van der Waals surface area (Å²) in [6, 6.07) is 0. The lowest BCUT2D eigenvalue weighted by atomic mass is 9.70. The molecule has 2 fully saturated rings. The summed E-state index contributed by atoms with van der Waals surface area (Å²) in [7, 11) is 0. The fourth-order valence-electron chi connectivity index (χ4n) is 1.83. The van der Waals surface area contributed by atoms with Crippen molar-refractivity contribution < 1.29 is 4.79 Å². The number of rotatable bonds is 3. The zero-order chi connectivity index (χ0) is 9.53. The molecule has 0 saturated heterocycles. The molecule has 1 N–H and O–H groups in total. The molecule has 74 valence electrons. The van der Waals surface area contributed by atoms with E-state index in [1.165, 1.54) is 19.3 Å². The van der Waals surface area contributed by atoms with Crippen molar-refractivity contribution in [2.45, 2.75) is 46.0 Å². The lowest BCUT2D eigenvalue weighted by molar-refractivity contribution is -0.134. The normalized spacial score (nSPS) is 27.5. The van der Waals surface area contributed by atoms with Gasteiger partial charge in [-0.15, -0.1) is 0 Å². The van der Waals surface area contributed by atoms with Crippen LogP contribution in [-0.4, -0.2) is 12.5 Å². The highest BCUT2D eigenvalue weighted by Crippen LogP contribution is 2.45. The third-order valence-corrected chi connectivity index (χ3v) is 3.78. The van der Waals surface area contributed by atoms with E-state index >= 15 is 0 Å². The SMILES string of the molecule is CC1(CNC(=O)C2(C)CCC2)CC1. The Labute approximate surface area is 80.1 Å². The van der Waals surface area contributed by atoms with Crippen LogP contribution >= 0.6 is 0 Å². The molecule has 2 nitrogen and oxygen atoms in total. The van der Waals surface area contributed by atoms with Gasteiger partial charge in [0, 0.05) is 12.0 Å². The molecular weight excluding hydrogens is 162 g/mol. The van der Waals surface area contributed by atoms with Gasteiger partial charge >= 0.3 is 0 Å². The molecule has 0 aromatic rings. The molecular formula is C11H19NO. The zero-order valence-electron chi connectivity index (χ0n) is 8.65. The molecule has 1 amide bonds. The van der Waals surface area contributed by atoms with Crippen LogP contribution in [0.5, 0.6) is 0 Å². The highest BCUT2D eigenvalue weighted by atomic mass is 16.2. The fraction of sp³-hybridized carbons (Fsp3) is 0.909. The Kier molecular flexibility index (Phi) is 1.90. The minimum absolute atomic E-state index is 0.0226. The van der Waals surface area contributed by atoms with E-state index < -0.39 is 0 Å². The van der Waals surface area contributed by atoms with Gasteiger partial charge in [-0.05, 0) is 31.1 Å². The van der Waals surface area contributed by atoms with E-state index in [2.05, 4.69) is 19.2 Å². The van der Waals surface area contributed by atoms with Crippen LogP contribution in [0.3, 0.4) is 0 Å². The number of hydrogen-bond acceptors (Lipinski definition) is 1. The number of carbonyl (C=O) groups excluding carboxylic acids is 1. The van der Waals surface area contributed by atoms with Gasteiger partial charge in [-0.25, -0.2) is 0 Å². The van der Waals surface area contributed by atoms with Crippen molar-refractivity contribution in [1.29, 1.82) is 0 Å². The van der Waals surface area contributed by atoms with Crippen molar-refractivity contribution in [1.82, 2.24) is 5.32 Å². The van der Waals surface area contributed by atoms with Crippen LogP contribution in [0.25, 0.3) is 0 Å². The number of hydrogen-bond donors (Lipinski definition) is 1. The molecule has 2 saturated carbocycles. The Morgan fingerprint density at radius 2 is 1.85 bits per heavy atom. The minimum atomic E-state index is -0.0226. The molecule has 2 rings (SSSR count). The van der Waals surface area contributed by atoms with Gasteiger partial charge in [0.2, 0.25) is 5.91 Å². The minimum Gasteiger partial charge on any atom is -0.355 e. The summed E-state index contributed by atoms with van der Waals surface area (Å²) in [6.45, 7) is 5.22. The van der Waals surface area contributed by atoms with Gasteiger partial charge < -0.3 is 5.32 Å². The molecule has 0 aliphatic heterocycles. The average Bonchev–Trinajstić information content (AvgIpc) is 2.76. The summed E-state index contributed by atoms with van der Waals surface area (Å²) < 4.78 is 0. The Morgan fingerprint density at radius 1 is 1.23 bits per heavy atom. The summed E-state index contributed by atoms with van der Waals surface area (Å²) in [5, 5.41) is 3.09. The van der Waals surface area contributed by atoms with Crippen molar-refractivity contribution >= 4 is 5.91 Å². The van der Waals surface area contributed by atoms with Crippen molar-refractivity contribution in [2.75, 3.05) is 6.54 Å². The molecule has 0 bridgehead atoms. The first kappa shape index (κ1) is 9.04. The van der Waals surface area contributed by atoms with Gasteiger partial charge in [0.05, 0.1) is 0 Å². The first-order valence-corrected chi connectivity index (χ1v) is 5.33. The Balaban J connectivity index is 1.78. The van der Waals surface area contributed by atoms with E-state index in [1.54, 1.807) is 0 Å². The van der Waals surface area contributed by atoms with Gasteiger partial charge in [-0.3, -0.25) is 4.79 Å². The van der Waals surface area contributed by atoms with Crippen LogP contribution in [0.2, 0.25) is 0 Å². The summed E-state index contributed by atoms with van der Waals surface area (Å²) in [6.07, 6.45) is 5.94. The number of carbonyl (C=O) groups is 1. The lowest BCUT2D eigenvalue weighted by Gasteiger charge is -2.36. The third-order valence-electron chi connectivity index (χ3n) is 3.78. The van der Waals surface area contributed by atoms with Crippen LogP contribution in [0.1, 0.15) is 46.0 Å². The largest absolute Gasteiger partial charge is 0.355 e. The first-order chi connectivity index (χ1) is 6.04. The Morgan fingerprint density at radius 3 is 2.23 bits per heavy atom. The molecule has 0 radical (unpaired) electrons. The number of nitrogens with one attached hydrogen (secondary N) is 1. The molecule has 2 heteroatoms. The predicted octanol–water partition coefficient (Wildman–Crippen LogP) is 2.09. The van der Waals surface area contributed by atoms with E-state index in [-0.39, 0.29) is 11.3 Å².